The Balaban J connectivity index is 2.00. The zero-order valence-electron chi connectivity index (χ0n) is 12.3. The Kier molecular flexibility index (Phi) is 3.88. The summed E-state index contributed by atoms with van der Waals surface area (Å²) < 4.78 is 0. The summed E-state index contributed by atoms with van der Waals surface area (Å²) in [6, 6.07) is 1.16. The van der Waals surface area contributed by atoms with Gasteiger partial charge in [-0.3, -0.25) is 0 Å². The molecule has 2 bridgehead atoms. The van der Waals surface area contributed by atoms with Gasteiger partial charge in [-0.05, 0) is 43.4 Å². The molecule has 2 atom stereocenters. The highest BCUT2D eigenvalue weighted by Gasteiger charge is 2.45. The summed E-state index contributed by atoms with van der Waals surface area (Å²) in [6.07, 6.45) is 5.81. The van der Waals surface area contributed by atoms with E-state index in [9.17, 15) is 4.79 Å². The van der Waals surface area contributed by atoms with Crippen molar-refractivity contribution in [3.05, 3.63) is 0 Å². The van der Waals surface area contributed by atoms with Crippen molar-refractivity contribution in [1.29, 1.82) is 0 Å². The van der Waals surface area contributed by atoms with Crippen LogP contribution in [0.25, 0.3) is 0 Å². The average molecular weight is 252 g/mol. The third-order valence-corrected chi connectivity index (χ3v) is 4.72. The maximum atomic E-state index is 12.2. The maximum Gasteiger partial charge on any atom is 0.317 e. The number of urea groups is 1. The van der Waals surface area contributed by atoms with E-state index in [0.717, 1.165) is 18.9 Å². The lowest BCUT2D eigenvalue weighted by Gasteiger charge is -2.43. The molecule has 0 aromatic heterocycles. The molecule has 2 unspecified atom stereocenters. The molecule has 2 aliphatic heterocycles. The van der Waals surface area contributed by atoms with Crippen LogP contribution in [0.15, 0.2) is 0 Å². The molecule has 3 nitrogen and oxygen atoms in total. The SMILES string of the molecule is CCCNC(=O)N1C2CCC1CC(C(C)(C)C)C2. The topological polar surface area (TPSA) is 32.3 Å². The molecule has 2 amide bonds. The molecule has 2 rings (SSSR count). The van der Waals surface area contributed by atoms with Gasteiger partial charge in [0.25, 0.3) is 0 Å². The van der Waals surface area contributed by atoms with Gasteiger partial charge in [0.15, 0.2) is 0 Å². The predicted octanol–water partition coefficient (Wildman–Crippen LogP) is 3.40. The Hall–Kier alpha value is -0.730. The summed E-state index contributed by atoms with van der Waals surface area (Å²) in [7, 11) is 0. The van der Waals surface area contributed by atoms with Crippen LogP contribution < -0.4 is 5.32 Å². The second-order valence-electron chi connectivity index (χ2n) is 7.06. The Labute approximate surface area is 111 Å². The second kappa shape index (κ2) is 5.10. The second-order valence-corrected chi connectivity index (χ2v) is 7.06. The first-order valence-corrected chi connectivity index (χ1v) is 7.49. The monoisotopic (exact) mass is 252 g/mol. The van der Waals surface area contributed by atoms with Gasteiger partial charge in [0, 0.05) is 18.6 Å². The van der Waals surface area contributed by atoms with Crippen molar-refractivity contribution in [2.75, 3.05) is 6.54 Å². The zero-order chi connectivity index (χ0) is 13.3. The van der Waals surface area contributed by atoms with Crippen molar-refractivity contribution in [3.63, 3.8) is 0 Å². The van der Waals surface area contributed by atoms with E-state index in [2.05, 4.69) is 37.9 Å². The van der Waals surface area contributed by atoms with Gasteiger partial charge in [-0.25, -0.2) is 4.79 Å². The molecular weight excluding hydrogens is 224 g/mol. The van der Waals surface area contributed by atoms with Gasteiger partial charge in [-0.2, -0.15) is 0 Å². The Morgan fingerprint density at radius 2 is 1.78 bits per heavy atom. The van der Waals surface area contributed by atoms with Crippen LogP contribution in [-0.2, 0) is 0 Å². The summed E-state index contributed by atoms with van der Waals surface area (Å²) in [5.74, 6) is 0.769. The molecule has 104 valence electrons. The minimum absolute atomic E-state index is 0.178. The number of rotatable bonds is 2. The van der Waals surface area contributed by atoms with E-state index < -0.39 is 0 Å². The fraction of sp³-hybridized carbons (Fsp3) is 0.933. The third-order valence-electron chi connectivity index (χ3n) is 4.72. The number of nitrogens with zero attached hydrogens (tertiary/aromatic N) is 1. The molecule has 2 fully saturated rings. The van der Waals surface area contributed by atoms with Crippen molar-refractivity contribution >= 4 is 6.03 Å². The number of amides is 2. The summed E-state index contributed by atoms with van der Waals surface area (Å²) in [4.78, 5) is 14.3. The fourth-order valence-corrected chi connectivity index (χ4v) is 3.54. The van der Waals surface area contributed by atoms with Crippen LogP contribution in [0.1, 0.15) is 59.8 Å². The van der Waals surface area contributed by atoms with Crippen LogP contribution in [0.2, 0.25) is 0 Å². The normalized spacial score (nSPS) is 31.6. The number of fused-ring (bicyclic) bond motifs is 2. The number of carbonyl (C=O) groups excluding carboxylic acids is 1. The van der Waals surface area contributed by atoms with Gasteiger partial charge in [0.1, 0.15) is 0 Å². The molecule has 3 heteroatoms. The van der Waals surface area contributed by atoms with Crippen molar-refractivity contribution in [3.8, 4) is 0 Å². The first-order valence-electron chi connectivity index (χ1n) is 7.49. The highest BCUT2D eigenvalue weighted by atomic mass is 16.2. The fourth-order valence-electron chi connectivity index (χ4n) is 3.54. The van der Waals surface area contributed by atoms with Crippen molar-refractivity contribution < 1.29 is 4.79 Å². The molecule has 2 heterocycles. The molecule has 0 saturated carbocycles. The standard InChI is InChI=1S/C15H28N2O/c1-5-8-16-14(18)17-12-6-7-13(17)10-11(9-12)15(2,3)4/h11-13H,5-10H2,1-4H3,(H,16,18). The molecule has 1 N–H and O–H groups in total. The van der Waals surface area contributed by atoms with Crippen LogP contribution in [0.3, 0.4) is 0 Å². The largest absolute Gasteiger partial charge is 0.338 e. The Bertz CT molecular complexity index is 294. The summed E-state index contributed by atoms with van der Waals surface area (Å²) in [6.45, 7) is 9.91. The maximum absolute atomic E-state index is 12.2. The minimum atomic E-state index is 0.178. The van der Waals surface area contributed by atoms with E-state index in [4.69, 9.17) is 0 Å². The van der Waals surface area contributed by atoms with Crippen LogP contribution in [0, 0.1) is 11.3 Å². The van der Waals surface area contributed by atoms with Crippen molar-refractivity contribution in [2.24, 2.45) is 11.3 Å². The molecule has 2 aliphatic rings. The summed E-state index contributed by atoms with van der Waals surface area (Å²) in [5, 5.41) is 3.04. The number of hydrogen-bond donors (Lipinski definition) is 1. The number of nitrogens with one attached hydrogen (secondary N) is 1. The highest BCUT2D eigenvalue weighted by molar-refractivity contribution is 5.75. The Morgan fingerprint density at radius 1 is 1.22 bits per heavy atom. The smallest absolute Gasteiger partial charge is 0.317 e. The van der Waals surface area contributed by atoms with Gasteiger partial charge in [0.05, 0.1) is 0 Å². The van der Waals surface area contributed by atoms with E-state index in [-0.39, 0.29) is 6.03 Å². The first-order chi connectivity index (χ1) is 8.43. The molecule has 0 spiro atoms. The van der Waals surface area contributed by atoms with Crippen molar-refractivity contribution in [2.45, 2.75) is 71.9 Å². The molecular formula is C15H28N2O. The van der Waals surface area contributed by atoms with E-state index in [1.165, 1.54) is 25.7 Å². The van der Waals surface area contributed by atoms with Gasteiger partial charge in [0.2, 0.25) is 0 Å². The number of piperidine rings is 1. The van der Waals surface area contributed by atoms with Crippen LogP contribution in [0.4, 0.5) is 4.79 Å². The van der Waals surface area contributed by atoms with Gasteiger partial charge < -0.3 is 10.2 Å². The average Bonchev–Trinajstić information content (AvgIpc) is 2.55. The molecule has 0 aliphatic carbocycles. The lowest BCUT2D eigenvalue weighted by molar-refractivity contribution is 0.0753. The van der Waals surface area contributed by atoms with Crippen LogP contribution in [-0.4, -0.2) is 29.6 Å². The third kappa shape index (κ3) is 2.65. The molecule has 0 radical (unpaired) electrons. The van der Waals surface area contributed by atoms with Gasteiger partial charge in [-0.15, -0.1) is 0 Å². The lowest BCUT2D eigenvalue weighted by atomic mass is 9.73. The van der Waals surface area contributed by atoms with Gasteiger partial charge >= 0.3 is 6.03 Å². The molecule has 0 aromatic rings. The van der Waals surface area contributed by atoms with Crippen LogP contribution >= 0.6 is 0 Å². The predicted molar refractivity (Wildman–Crippen MR) is 74.5 cm³/mol. The summed E-state index contributed by atoms with van der Waals surface area (Å²) in [5.41, 5.74) is 0.382. The van der Waals surface area contributed by atoms with E-state index in [0.29, 0.717) is 17.5 Å². The minimum Gasteiger partial charge on any atom is -0.338 e. The van der Waals surface area contributed by atoms with Crippen molar-refractivity contribution in [1.82, 2.24) is 10.2 Å². The zero-order valence-corrected chi connectivity index (χ0v) is 12.3. The van der Waals surface area contributed by atoms with E-state index >= 15 is 0 Å². The van der Waals surface area contributed by atoms with E-state index in [1.54, 1.807) is 0 Å². The van der Waals surface area contributed by atoms with Gasteiger partial charge in [-0.1, -0.05) is 27.7 Å². The molecule has 0 aromatic carbocycles. The molecule has 18 heavy (non-hydrogen) atoms. The highest BCUT2D eigenvalue weighted by Crippen LogP contribution is 2.45. The Morgan fingerprint density at radius 3 is 2.22 bits per heavy atom. The first kappa shape index (κ1) is 13.7. The lowest BCUT2D eigenvalue weighted by Crippen LogP contribution is -2.52. The quantitative estimate of drug-likeness (QED) is 0.802. The van der Waals surface area contributed by atoms with Crippen LogP contribution in [0.5, 0.6) is 0 Å². The molecule has 2 saturated heterocycles. The number of hydrogen-bond acceptors (Lipinski definition) is 1. The number of carbonyl (C=O) groups is 1. The van der Waals surface area contributed by atoms with E-state index in [1.807, 2.05) is 0 Å². The summed E-state index contributed by atoms with van der Waals surface area (Å²) >= 11 is 0.